The quantitative estimate of drug-likeness (QED) is 0.344. The number of halogens is 2. The molecule has 0 aromatic heterocycles. The summed E-state index contributed by atoms with van der Waals surface area (Å²) in [4.78, 5) is 12.5. The van der Waals surface area contributed by atoms with E-state index in [9.17, 15) is 17.6 Å². The van der Waals surface area contributed by atoms with Crippen LogP contribution in [0, 0.1) is 5.82 Å². The summed E-state index contributed by atoms with van der Waals surface area (Å²) in [5, 5.41) is 3.80. The maximum absolute atomic E-state index is 13.2. The third kappa shape index (κ3) is 6.81. The van der Waals surface area contributed by atoms with Gasteiger partial charge in [-0.3, -0.25) is 4.79 Å². The first-order chi connectivity index (χ1) is 15.3. The largest absolute Gasteiger partial charge is 0.272 e. The first-order valence-corrected chi connectivity index (χ1v) is 11.9. The summed E-state index contributed by atoms with van der Waals surface area (Å²) in [5.41, 5.74) is 3.72. The van der Waals surface area contributed by atoms with E-state index in [4.69, 9.17) is 0 Å². The van der Waals surface area contributed by atoms with E-state index in [-0.39, 0.29) is 11.4 Å². The minimum atomic E-state index is -3.92. The molecule has 3 rings (SSSR count). The Morgan fingerprint density at radius 1 is 1.03 bits per heavy atom. The zero-order valence-electron chi connectivity index (χ0n) is 17.0. The van der Waals surface area contributed by atoms with Crippen molar-refractivity contribution < 1.29 is 17.6 Å². The molecule has 0 radical (unpaired) electrons. The van der Waals surface area contributed by atoms with Gasteiger partial charge in [0.1, 0.15) is 5.82 Å². The number of carbonyl (C=O) groups is 1. The molecule has 0 bridgehead atoms. The van der Waals surface area contributed by atoms with Crippen LogP contribution in [0.4, 0.5) is 4.39 Å². The molecule has 0 unspecified atom stereocenters. The maximum atomic E-state index is 13.2. The molecule has 1 amide bonds. The highest BCUT2D eigenvalue weighted by Crippen LogP contribution is 2.19. The van der Waals surface area contributed by atoms with Gasteiger partial charge in [0.15, 0.2) is 0 Å². The van der Waals surface area contributed by atoms with Gasteiger partial charge in [-0.15, -0.1) is 0 Å². The summed E-state index contributed by atoms with van der Waals surface area (Å²) in [6.45, 7) is -0.296. The lowest BCUT2D eigenvalue weighted by molar-refractivity contribution is -0.121. The van der Waals surface area contributed by atoms with Gasteiger partial charge in [0.05, 0.1) is 17.7 Å². The Morgan fingerprint density at radius 2 is 1.75 bits per heavy atom. The lowest BCUT2D eigenvalue weighted by Gasteiger charge is -2.21. The van der Waals surface area contributed by atoms with Crippen LogP contribution >= 0.6 is 15.9 Å². The van der Waals surface area contributed by atoms with Crippen LogP contribution in [0.5, 0.6) is 0 Å². The Hall–Kier alpha value is -2.88. The number of rotatable bonds is 9. The molecule has 0 fully saturated rings. The second-order valence-electron chi connectivity index (χ2n) is 6.88. The van der Waals surface area contributed by atoms with Gasteiger partial charge in [-0.1, -0.05) is 58.4 Å². The second-order valence-corrected chi connectivity index (χ2v) is 9.73. The van der Waals surface area contributed by atoms with Crippen LogP contribution in [-0.4, -0.2) is 37.9 Å². The Kier molecular flexibility index (Phi) is 8.26. The van der Waals surface area contributed by atoms with E-state index >= 15 is 0 Å². The lowest BCUT2D eigenvalue weighted by atomic mass is 10.1. The molecule has 6 nitrogen and oxygen atoms in total. The topological polar surface area (TPSA) is 78.8 Å². The zero-order chi connectivity index (χ0) is 23.0. The molecule has 32 heavy (non-hydrogen) atoms. The van der Waals surface area contributed by atoms with E-state index in [1.165, 1.54) is 36.5 Å². The van der Waals surface area contributed by atoms with Crippen LogP contribution in [0.25, 0.3) is 0 Å². The fraction of sp³-hybridized carbons (Fsp3) is 0.130. The van der Waals surface area contributed by atoms with Gasteiger partial charge < -0.3 is 0 Å². The number of amides is 1. The predicted molar refractivity (Wildman–Crippen MR) is 125 cm³/mol. The lowest BCUT2D eigenvalue weighted by Crippen LogP contribution is -2.40. The van der Waals surface area contributed by atoms with E-state index in [1.807, 2.05) is 30.3 Å². The molecule has 0 saturated carbocycles. The molecule has 166 valence electrons. The van der Waals surface area contributed by atoms with E-state index < -0.39 is 28.3 Å². The first-order valence-electron chi connectivity index (χ1n) is 9.72. The van der Waals surface area contributed by atoms with Crippen LogP contribution in [0.2, 0.25) is 0 Å². The number of nitrogens with zero attached hydrogens (tertiary/aromatic N) is 2. The van der Waals surface area contributed by atoms with Crippen LogP contribution in [0.1, 0.15) is 11.1 Å². The van der Waals surface area contributed by atoms with Crippen molar-refractivity contribution in [2.45, 2.75) is 11.3 Å². The molecule has 9 heteroatoms. The first kappa shape index (κ1) is 23.8. The molecule has 3 aromatic carbocycles. The summed E-state index contributed by atoms with van der Waals surface area (Å²) in [6.07, 6.45) is 1.73. The summed E-state index contributed by atoms with van der Waals surface area (Å²) in [5.74, 6) is -1.03. The third-order valence-electron chi connectivity index (χ3n) is 4.52. The normalized spacial score (nSPS) is 11.7. The van der Waals surface area contributed by atoms with Crippen LogP contribution in [-0.2, 0) is 21.2 Å². The minimum absolute atomic E-state index is 0.0878. The van der Waals surface area contributed by atoms with Gasteiger partial charge in [-0.2, -0.15) is 9.41 Å². The number of hydrogen-bond acceptors (Lipinski definition) is 4. The standard InChI is InChI=1S/C23H21BrFN3O3S/c24-20-9-11-22(12-10-20)32(30,31)28(14-13-18-5-2-1-3-6-18)17-23(29)27-26-16-19-7-4-8-21(25)15-19/h1-12,15-16H,13-14,17H2,(H,27,29)/b26-16-. The van der Waals surface area contributed by atoms with Crippen LogP contribution in [0.15, 0.2) is 93.3 Å². The van der Waals surface area contributed by atoms with Crippen molar-refractivity contribution in [3.63, 3.8) is 0 Å². The summed E-state index contributed by atoms with van der Waals surface area (Å²) >= 11 is 3.29. The van der Waals surface area contributed by atoms with Crippen molar-refractivity contribution in [1.29, 1.82) is 0 Å². The fourth-order valence-corrected chi connectivity index (χ4v) is 4.56. The molecule has 0 saturated heterocycles. The average Bonchev–Trinajstić information content (AvgIpc) is 2.77. The fourth-order valence-electron chi connectivity index (χ4n) is 2.90. The summed E-state index contributed by atoms with van der Waals surface area (Å²) < 4.78 is 41.5. The number of carbonyl (C=O) groups excluding carboxylic acids is 1. The van der Waals surface area contributed by atoms with E-state index in [0.717, 1.165) is 14.3 Å². The van der Waals surface area contributed by atoms with Crippen molar-refractivity contribution in [2.24, 2.45) is 5.10 Å². The number of benzene rings is 3. The van der Waals surface area contributed by atoms with Gasteiger partial charge in [0, 0.05) is 11.0 Å². The average molecular weight is 518 g/mol. The Morgan fingerprint density at radius 3 is 2.44 bits per heavy atom. The molecule has 3 aromatic rings. The van der Waals surface area contributed by atoms with Gasteiger partial charge >= 0.3 is 0 Å². The Balaban J connectivity index is 1.73. The summed E-state index contributed by atoms with van der Waals surface area (Å²) in [7, 11) is -3.92. The highest BCUT2D eigenvalue weighted by molar-refractivity contribution is 9.10. The molecule has 0 spiro atoms. The Labute approximate surface area is 195 Å². The molecule has 0 aliphatic rings. The van der Waals surface area contributed by atoms with Gasteiger partial charge in [0.25, 0.3) is 5.91 Å². The molecule has 1 N–H and O–H groups in total. The molecular formula is C23H21BrFN3O3S. The smallest absolute Gasteiger partial charge is 0.255 e. The Bertz CT molecular complexity index is 1190. The summed E-state index contributed by atoms with van der Waals surface area (Å²) in [6, 6.07) is 21.4. The van der Waals surface area contributed by atoms with E-state index in [2.05, 4.69) is 26.5 Å². The second kappa shape index (κ2) is 11.1. The van der Waals surface area contributed by atoms with Crippen LogP contribution in [0.3, 0.4) is 0 Å². The van der Waals surface area contributed by atoms with Crippen molar-refractivity contribution >= 4 is 38.1 Å². The van der Waals surface area contributed by atoms with Gasteiger partial charge in [-0.25, -0.2) is 18.2 Å². The monoisotopic (exact) mass is 517 g/mol. The molecule has 0 heterocycles. The van der Waals surface area contributed by atoms with Crippen molar-refractivity contribution in [3.05, 3.63) is 100 Å². The molecule has 0 aliphatic heterocycles. The third-order valence-corrected chi connectivity index (χ3v) is 6.90. The number of hydrazone groups is 1. The predicted octanol–water partition coefficient (Wildman–Crippen LogP) is 3.97. The van der Waals surface area contributed by atoms with E-state index in [0.29, 0.717) is 12.0 Å². The number of hydrogen-bond donors (Lipinski definition) is 1. The van der Waals surface area contributed by atoms with E-state index in [1.54, 1.807) is 18.2 Å². The SMILES string of the molecule is O=C(CN(CCc1ccccc1)S(=O)(=O)c1ccc(Br)cc1)N/N=C\c1cccc(F)c1. The number of nitrogens with one attached hydrogen (secondary N) is 1. The molecule has 0 atom stereocenters. The molecule has 0 aliphatic carbocycles. The van der Waals surface area contributed by atoms with Crippen molar-refractivity contribution in [3.8, 4) is 0 Å². The van der Waals surface area contributed by atoms with Crippen molar-refractivity contribution in [1.82, 2.24) is 9.73 Å². The minimum Gasteiger partial charge on any atom is -0.272 e. The number of sulfonamides is 1. The molecular weight excluding hydrogens is 497 g/mol. The maximum Gasteiger partial charge on any atom is 0.255 e. The van der Waals surface area contributed by atoms with Gasteiger partial charge in [0.2, 0.25) is 10.0 Å². The van der Waals surface area contributed by atoms with Crippen LogP contribution < -0.4 is 5.43 Å². The van der Waals surface area contributed by atoms with Crippen molar-refractivity contribution in [2.75, 3.05) is 13.1 Å². The highest BCUT2D eigenvalue weighted by Gasteiger charge is 2.26. The highest BCUT2D eigenvalue weighted by atomic mass is 79.9. The van der Waals surface area contributed by atoms with Gasteiger partial charge in [-0.05, 0) is 53.9 Å². The zero-order valence-corrected chi connectivity index (χ0v) is 19.4.